The van der Waals surface area contributed by atoms with E-state index in [4.69, 9.17) is 10.3 Å². The van der Waals surface area contributed by atoms with Crippen LogP contribution in [-0.2, 0) is 6.42 Å². The Balaban J connectivity index is 2.12. The van der Waals surface area contributed by atoms with Crippen LogP contribution in [0.25, 0.3) is 11.0 Å². The third kappa shape index (κ3) is 2.44. The van der Waals surface area contributed by atoms with Crippen LogP contribution < -0.4 is 11.3 Å². The molecule has 1 unspecified atom stereocenters. The molecule has 0 aliphatic rings. The number of rotatable bonds is 4. The molecule has 21 heavy (non-hydrogen) atoms. The number of hydrogen-bond donors (Lipinski definition) is 2. The minimum Gasteiger partial charge on any atom is -0.456 e. The van der Waals surface area contributed by atoms with Gasteiger partial charge in [0.15, 0.2) is 11.4 Å². The van der Waals surface area contributed by atoms with Gasteiger partial charge in [-0.3, -0.25) is 5.84 Å². The molecule has 1 heterocycles. The van der Waals surface area contributed by atoms with E-state index in [9.17, 15) is 4.39 Å². The quantitative estimate of drug-likeness (QED) is 0.567. The molecule has 1 atom stereocenters. The van der Waals surface area contributed by atoms with E-state index in [2.05, 4.69) is 18.4 Å². The Morgan fingerprint density at radius 2 is 2.00 bits per heavy atom. The summed E-state index contributed by atoms with van der Waals surface area (Å²) in [7, 11) is 0. The van der Waals surface area contributed by atoms with E-state index in [0.717, 1.165) is 17.4 Å². The average molecular weight is 284 g/mol. The minimum atomic E-state index is -0.363. The lowest BCUT2D eigenvalue weighted by Crippen LogP contribution is -2.29. The fraction of sp³-hybridized carbons (Fsp3) is 0.176. The van der Waals surface area contributed by atoms with Gasteiger partial charge in [-0.05, 0) is 29.7 Å². The molecule has 0 bridgehead atoms. The molecular formula is C17H17FN2O. The Morgan fingerprint density at radius 1 is 1.19 bits per heavy atom. The monoisotopic (exact) mass is 284 g/mol. The molecule has 1 aromatic heterocycles. The van der Waals surface area contributed by atoms with Crippen molar-refractivity contribution in [1.82, 2.24) is 5.43 Å². The van der Waals surface area contributed by atoms with Crippen molar-refractivity contribution in [3.8, 4) is 0 Å². The second kappa shape index (κ2) is 5.68. The highest BCUT2D eigenvalue weighted by Gasteiger charge is 2.20. The highest BCUT2D eigenvalue weighted by atomic mass is 19.1. The van der Waals surface area contributed by atoms with Gasteiger partial charge in [-0.25, -0.2) is 9.82 Å². The minimum absolute atomic E-state index is 0.265. The summed E-state index contributed by atoms with van der Waals surface area (Å²) in [6.45, 7) is 2.09. The molecule has 3 N–H and O–H groups in total. The van der Waals surface area contributed by atoms with E-state index in [1.807, 2.05) is 30.3 Å². The summed E-state index contributed by atoms with van der Waals surface area (Å²) in [4.78, 5) is 0. The lowest BCUT2D eigenvalue weighted by atomic mass is 9.97. The van der Waals surface area contributed by atoms with Gasteiger partial charge in [-0.2, -0.15) is 0 Å². The molecule has 0 radical (unpaired) electrons. The molecule has 3 rings (SSSR count). The second-order valence-electron chi connectivity index (χ2n) is 4.96. The van der Waals surface area contributed by atoms with Gasteiger partial charge in [0.25, 0.3) is 0 Å². The Morgan fingerprint density at radius 3 is 2.71 bits per heavy atom. The molecule has 0 saturated carbocycles. The number of nitrogens with two attached hydrogens (primary N) is 1. The van der Waals surface area contributed by atoms with E-state index in [-0.39, 0.29) is 17.4 Å². The molecule has 2 aromatic carbocycles. The fourth-order valence-electron chi connectivity index (χ4n) is 2.65. The Labute approximate surface area is 122 Å². The molecule has 3 nitrogen and oxygen atoms in total. The highest BCUT2D eigenvalue weighted by Crippen LogP contribution is 2.30. The normalized spacial score (nSPS) is 12.7. The van der Waals surface area contributed by atoms with Crippen LogP contribution in [0.3, 0.4) is 0 Å². The van der Waals surface area contributed by atoms with Crippen LogP contribution in [-0.4, -0.2) is 0 Å². The third-order valence-corrected chi connectivity index (χ3v) is 3.71. The number of aryl methyl sites for hydroxylation is 1. The van der Waals surface area contributed by atoms with Crippen molar-refractivity contribution in [1.29, 1.82) is 0 Å². The number of furan rings is 1. The zero-order valence-electron chi connectivity index (χ0n) is 11.8. The molecule has 0 aliphatic carbocycles. The maximum absolute atomic E-state index is 13.8. The summed E-state index contributed by atoms with van der Waals surface area (Å²) in [5.41, 5.74) is 5.26. The largest absolute Gasteiger partial charge is 0.456 e. The zero-order chi connectivity index (χ0) is 14.8. The average Bonchev–Trinajstić information content (AvgIpc) is 2.94. The smallest absolute Gasteiger partial charge is 0.169 e. The van der Waals surface area contributed by atoms with Crippen LogP contribution in [0, 0.1) is 5.82 Å². The number of fused-ring (bicyclic) bond motifs is 1. The van der Waals surface area contributed by atoms with Crippen molar-refractivity contribution >= 4 is 11.0 Å². The van der Waals surface area contributed by atoms with Gasteiger partial charge in [0.1, 0.15) is 11.8 Å². The van der Waals surface area contributed by atoms with Gasteiger partial charge >= 0.3 is 0 Å². The Kier molecular flexibility index (Phi) is 3.73. The van der Waals surface area contributed by atoms with Crippen molar-refractivity contribution in [2.24, 2.45) is 5.84 Å². The molecule has 3 aromatic rings. The predicted molar refractivity (Wildman–Crippen MR) is 81.2 cm³/mol. The first-order valence-electron chi connectivity index (χ1n) is 6.96. The maximum Gasteiger partial charge on any atom is 0.169 e. The number of halogens is 1. The van der Waals surface area contributed by atoms with Crippen molar-refractivity contribution in [2.45, 2.75) is 19.4 Å². The molecule has 0 amide bonds. The highest BCUT2D eigenvalue weighted by molar-refractivity contribution is 5.78. The molecule has 0 aliphatic heterocycles. The first kappa shape index (κ1) is 13.8. The molecular weight excluding hydrogens is 267 g/mol. The van der Waals surface area contributed by atoms with Gasteiger partial charge < -0.3 is 4.42 Å². The van der Waals surface area contributed by atoms with Crippen LogP contribution in [0.2, 0.25) is 0 Å². The van der Waals surface area contributed by atoms with Crippen molar-refractivity contribution in [3.05, 3.63) is 71.2 Å². The molecule has 0 fully saturated rings. The van der Waals surface area contributed by atoms with Crippen LogP contribution in [0.5, 0.6) is 0 Å². The van der Waals surface area contributed by atoms with E-state index in [1.54, 1.807) is 6.07 Å². The molecule has 0 spiro atoms. The summed E-state index contributed by atoms with van der Waals surface area (Å²) in [5, 5.41) is 0.735. The summed E-state index contributed by atoms with van der Waals surface area (Å²) in [6.07, 6.45) is 0.892. The SMILES string of the molecule is CCc1ccccc1C(NN)c1cc2cccc(F)c2o1. The molecule has 108 valence electrons. The van der Waals surface area contributed by atoms with Gasteiger partial charge in [0, 0.05) is 5.39 Å². The van der Waals surface area contributed by atoms with Crippen molar-refractivity contribution in [3.63, 3.8) is 0 Å². The maximum atomic E-state index is 13.8. The summed E-state index contributed by atoms with van der Waals surface area (Å²) in [5.74, 6) is 5.96. The summed E-state index contributed by atoms with van der Waals surface area (Å²) < 4.78 is 19.5. The zero-order valence-corrected chi connectivity index (χ0v) is 11.8. The van der Waals surface area contributed by atoms with Gasteiger partial charge in [-0.1, -0.05) is 43.3 Å². The fourth-order valence-corrected chi connectivity index (χ4v) is 2.65. The first-order valence-corrected chi connectivity index (χ1v) is 6.96. The first-order chi connectivity index (χ1) is 10.2. The number of hydrazine groups is 1. The third-order valence-electron chi connectivity index (χ3n) is 3.71. The number of hydrogen-bond acceptors (Lipinski definition) is 3. The summed E-state index contributed by atoms with van der Waals surface area (Å²) in [6, 6.07) is 14.4. The summed E-state index contributed by atoms with van der Waals surface area (Å²) >= 11 is 0. The lowest BCUT2D eigenvalue weighted by Gasteiger charge is -2.17. The van der Waals surface area contributed by atoms with Crippen molar-refractivity contribution in [2.75, 3.05) is 0 Å². The Hall–Kier alpha value is -2.17. The molecule has 4 heteroatoms. The van der Waals surface area contributed by atoms with Crippen LogP contribution >= 0.6 is 0 Å². The molecule has 0 saturated heterocycles. The van der Waals surface area contributed by atoms with Crippen molar-refractivity contribution < 1.29 is 8.81 Å². The van der Waals surface area contributed by atoms with E-state index >= 15 is 0 Å². The number of nitrogens with one attached hydrogen (secondary N) is 1. The lowest BCUT2D eigenvalue weighted by molar-refractivity contribution is 0.463. The number of para-hydroxylation sites is 1. The van der Waals surface area contributed by atoms with E-state index < -0.39 is 0 Å². The Bertz CT molecular complexity index is 766. The topological polar surface area (TPSA) is 51.2 Å². The van der Waals surface area contributed by atoms with E-state index in [0.29, 0.717) is 5.76 Å². The second-order valence-corrected chi connectivity index (χ2v) is 4.96. The predicted octanol–water partition coefficient (Wildman–Crippen LogP) is 3.69. The van der Waals surface area contributed by atoms with Gasteiger partial charge in [0.05, 0.1) is 0 Å². The number of benzene rings is 2. The van der Waals surface area contributed by atoms with Gasteiger partial charge in [0.2, 0.25) is 0 Å². The standard InChI is InChI=1S/C17H17FN2O/c1-2-11-6-3-4-8-13(11)16(20-19)15-10-12-7-5-9-14(18)17(12)21-15/h3-10,16,20H,2,19H2,1H3. The van der Waals surface area contributed by atoms with Crippen LogP contribution in [0.4, 0.5) is 4.39 Å². The van der Waals surface area contributed by atoms with Crippen LogP contribution in [0.15, 0.2) is 52.9 Å². The van der Waals surface area contributed by atoms with E-state index in [1.165, 1.54) is 11.6 Å². The van der Waals surface area contributed by atoms with Gasteiger partial charge in [-0.15, -0.1) is 0 Å². The van der Waals surface area contributed by atoms with Crippen LogP contribution in [0.1, 0.15) is 29.9 Å².